The first-order valence-electron chi connectivity index (χ1n) is 10.3. The molecule has 0 aliphatic carbocycles. The van der Waals surface area contributed by atoms with E-state index < -0.39 is 38.9 Å². The lowest BCUT2D eigenvalue weighted by molar-refractivity contribution is -0.147. The average molecular weight is 521 g/mol. The van der Waals surface area contributed by atoms with Crippen molar-refractivity contribution in [3.63, 3.8) is 0 Å². The summed E-state index contributed by atoms with van der Waals surface area (Å²) in [5.74, 6) is -1.37. The summed E-state index contributed by atoms with van der Waals surface area (Å²) in [4.78, 5) is 7.35. The first kappa shape index (κ1) is 25.2. The van der Waals surface area contributed by atoms with E-state index in [1.807, 2.05) is 6.07 Å². The Bertz CT molecular complexity index is 1620. The monoisotopic (exact) mass is 521 g/mol. The molecule has 0 amide bonds. The maximum absolute atomic E-state index is 14.4. The van der Waals surface area contributed by atoms with Crippen molar-refractivity contribution in [3.05, 3.63) is 71.6 Å². The van der Waals surface area contributed by atoms with Crippen LogP contribution in [-0.2, 0) is 10.0 Å². The Morgan fingerprint density at radius 2 is 1.86 bits per heavy atom. The Morgan fingerprint density at radius 1 is 1.14 bits per heavy atom. The normalized spacial score (nSPS) is 13.1. The lowest BCUT2D eigenvalue weighted by Gasteiger charge is -2.17. The van der Waals surface area contributed by atoms with Crippen LogP contribution in [0.4, 0.5) is 22.0 Å². The van der Waals surface area contributed by atoms with Crippen LogP contribution in [0.2, 0.25) is 0 Å². The van der Waals surface area contributed by atoms with Gasteiger partial charge in [0.25, 0.3) is 0 Å². The van der Waals surface area contributed by atoms with E-state index in [1.165, 1.54) is 40.5 Å². The number of alkyl halides is 3. The molecule has 0 spiro atoms. The zero-order chi connectivity index (χ0) is 26.4. The van der Waals surface area contributed by atoms with E-state index in [1.54, 1.807) is 0 Å². The molecule has 36 heavy (non-hydrogen) atoms. The summed E-state index contributed by atoms with van der Waals surface area (Å²) in [6.07, 6.45) is -3.97. The molecule has 0 saturated heterocycles. The van der Waals surface area contributed by atoms with Gasteiger partial charge in [0.05, 0.1) is 22.5 Å². The third-order valence-corrected chi connectivity index (χ3v) is 6.93. The quantitative estimate of drug-likeness (QED) is 0.301. The number of halogens is 5. The highest BCUT2D eigenvalue weighted by atomic mass is 32.2. The Kier molecular flexibility index (Phi) is 6.27. The minimum atomic E-state index is -4.80. The van der Waals surface area contributed by atoms with Crippen LogP contribution in [0.5, 0.6) is 0 Å². The standard InChI is InChI=1S/C23H16F5N5O2S/c1-12-8-19-15(9-17(12)24)16(10-29)22(33(19)21-5-3-4-20(25)31-21)18-7-6-14(11-30-18)36(34,35)32-13(2)23(26,27)28/h3-9,11,13,32H,1-2H3/t13-/m0/s1. The number of pyridine rings is 2. The molecule has 0 aliphatic heterocycles. The van der Waals surface area contributed by atoms with Crippen molar-refractivity contribution >= 4 is 20.9 Å². The van der Waals surface area contributed by atoms with Gasteiger partial charge in [-0.25, -0.2) is 17.8 Å². The van der Waals surface area contributed by atoms with E-state index in [0.717, 1.165) is 24.4 Å². The molecule has 4 aromatic rings. The molecule has 1 atom stereocenters. The second kappa shape index (κ2) is 8.96. The SMILES string of the molecule is Cc1cc2c(cc1F)c(C#N)c(-c1ccc(S(=O)(=O)N[C@@H](C)C(F)(F)F)cn1)n2-c1cccc(F)n1. The molecule has 1 aromatic carbocycles. The van der Waals surface area contributed by atoms with E-state index >= 15 is 0 Å². The predicted molar refractivity (Wildman–Crippen MR) is 120 cm³/mol. The van der Waals surface area contributed by atoms with Crippen LogP contribution in [0.15, 0.2) is 53.6 Å². The molecule has 3 aromatic heterocycles. The fraction of sp³-hybridized carbons (Fsp3) is 0.174. The highest BCUT2D eigenvalue weighted by molar-refractivity contribution is 7.89. The molecule has 0 fully saturated rings. The number of hydrogen-bond donors (Lipinski definition) is 1. The summed E-state index contributed by atoms with van der Waals surface area (Å²) in [6.45, 7) is 2.16. The Morgan fingerprint density at radius 3 is 2.44 bits per heavy atom. The fourth-order valence-corrected chi connectivity index (χ4v) is 4.75. The molecule has 1 N–H and O–H groups in total. The van der Waals surface area contributed by atoms with Gasteiger partial charge in [-0.1, -0.05) is 6.07 Å². The molecule has 3 heterocycles. The smallest absolute Gasteiger partial charge is 0.291 e. The summed E-state index contributed by atoms with van der Waals surface area (Å²) >= 11 is 0. The van der Waals surface area contributed by atoms with Crippen LogP contribution >= 0.6 is 0 Å². The number of aryl methyl sites for hydroxylation is 1. The van der Waals surface area contributed by atoms with Crippen molar-refractivity contribution in [2.45, 2.75) is 31.0 Å². The summed E-state index contributed by atoms with van der Waals surface area (Å²) in [6, 6.07) is 8.36. The predicted octanol–water partition coefficient (Wildman–Crippen LogP) is 4.77. The van der Waals surface area contributed by atoms with Gasteiger partial charge in [0, 0.05) is 11.6 Å². The lowest BCUT2D eigenvalue weighted by Crippen LogP contribution is -2.42. The van der Waals surface area contributed by atoms with Crippen LogP contribution in [0.25, 0.3) is 28.1 Å². The van der Waals surface area contributed by atoms with Crippen molar-refractivity contribution in [3.8, 4) is 23.3 Å². The Labute approximate surface area is 201 Å². The first-order valence-corrected chi connectivity index (χ1v) is 11.7. The topological polar surface area (TPSA) is 101 Å². The maximum Gasteiger partial charge on any atom is 0.404 e. The third-order valence-electron chi connectivity index (χ3n) is 5.40. The Balaban J connectivity index is 1.92. The highest BCUT2D eigenvalue weighted by Crippen LogP contribution is 2.36. The molecule has 186 valence electrons. The van der Waals surface area contributed by atoms with Gasteiger partial charge in [-0.15, -0.1) is 0 Å². The lowest BCUT2D eigenvalue weighted by atomic mass is 10.1. The number of sulfonamides is 1. The summed E-state index contributed by atoms with van der Waals surface area (Å²) in [5.41, 5.74) is 0.610. The first-order chi connectivity index (χ1) is 16.8. The second-order valence-electron chi connectivity index (χ2n) is 7.87. The molecular weight excluding hydrogens is 505 g/mol. The van der Waals surface area contributed by atoms with Crippen molar-refractivity contribution in [1.29, 1.82) is 5.26 Å². The molecule has 0 saturated carbocycles. The average Bonchev–Trinajstić information content (AvgIpc) is 3.11. The van der Waals surface area contributed by atoms with Gasteiger partial charge in [-0.05, 0) is 55.8 Å². The van der Waals surface area contributed by atoms with Crippen molar-refractivity contribution in [1.82, 2.24) is 19.3 Å². The van der Waals surface area contributed by atoms with Crippen LogP contribution < -0.4 is 4.72 Å². The summed E-state index contributed by atoms with van der Waals surface area (Å²) < 4.78 is 94.5. The number of hydrogen-bond acceptors (Lipinski definition) is 5. The largest absolute Gasteiger partial charge is 0.404 e. The van der Waals surface area contributed by atoms with Crippen LogP contribution in [0.1, 0.15) is 18.1 Å². The number of nitrogens with one attached hydrogen (secondary N) is 1. The van der Waals surface area contributed by atoms with Crippen LogP contribution in [0.3, 0.4) is 0 Å². The zero-order valence-electron chi connectivity index (χ0n) is 18.6. The van der Waals surface area contributed by atoms with E-state index in [0.29, 0.717) is 12.4 Å². The fourth-order valence-electron chi connectivity index (χ4n) is 3.57. The molecule has 0 bridgehead atoms. The molecule has 13 heteroatoms. The van der Waals surface area contributed by atoms with Crippen molar-refractivity contribution in [2.75, 3.05) is 0 Å². The molecule has 0 aliphatic rings. The van der Waals surface area contributed by atoms with E-state index in [9.17, 15) is 35.6 Å². The Hall–Kier alpha value is -3.89. The molecule has 0 radical (unpaired) electrons. The van der Waals surface area contributed by atoms with E-state index in [4.69, 9.17) is 0 Å². The third kappa shape index (κ3) is 4.52. The van der Waals surface area contributed by atoms with Crippen LogP contribution in [-0.4, -0.2) is 35.2 Å². The van der Waals surface area contributed by atoms with Gasteiger partial charge < -0.3 is 0 Å². The molecule has 4 rings (SSSR count). The second-order valence-corrected chi connectivity index (χ2v) is 9.59. The van der Waals surface area contributed by atoms with Gasteiger partial charge in [-0.2, -0.15) is 27.5 Å². The van der Waals surface area contributed by atoms with Crippen molar-refractivity contribution < 1.29 is 30.4 Å². The van der Waals surface area contributed by atoms with Gasteiger partial charge in [0.15, 0.2) is 0 Å². The number of benzene rings is 1. The van der Waals surface area contributed by atoms with Crippen LogP contribution in [0, 0.1) is 30.0 Å². The number of nitriles is 1. The van der Waals surface area contributed by atoms with Gasteiger partial charge in [-0.3, -0.25) is 9.55 Å². The zero-order valence-corrected chi connectivity index (χ0v) is 19.4. The molecular formula is C23H16F5N5O2S. The molecule has 7 nitrogen and oxygen atoms in total. The summed E-state index contributed by atoms with van der Waals surface area (Å²) in [7, 11) is -4.58. The van der Waals surface area contributed by atoms with Gasteiger partial charge in [0.2, 0.25) is 16.0 Å². The van der Waals surface area contributed by atoms with Gasteiger partial charge in [0.1, 0.15) is 28.6 Å². The summed E-state index contributed by atoms with van der Waals surface area (Å²) in [5, 5.41) is 10.1. The maximum atomic E-state index is 14.4. The number of nitrogens with zero attached hydrogens (tertiary/aromatic N) is 4. The van der Waals surface area contributed by atoms with Crippen molar-refractivity contribution in [2.24, 2.45) is 0 Å². The minimum absolute atomic E-state index is 0.0229. The number of aromatic nitrogens is 3. The van der Waals surface area contributed by atoms with Gasteiger partial charge >= 0.3 is 6.18 Å². The number of fused-ring (bicyclic) bond motifs is 1. The van der Waals surface area contributed by atoms with E-state index in [-0.39, 0.29) is 33.7 Å². The minimum Gasteiger partial charge on any atom is -0.291 e. The molecule has 0 unspecified atom stereocenters. The highest BCUT2D eigenvalue weighted by Gasteiger charge is 2.39. The van der Waals surface area contributed by atoms with E-state index in [2.05, 4.69) is 9.97 Å². The number of rotatable bonds is 5.